The van der Waals surface area contributed by atoms with Crippen LogP contribution in [0.1, 0.15) is 83.1 Å². The predicted octanol–water partition coefficient (Wildman–Crippen LogP) is 1.39. The van der Waals surface area contributed by atoms with Crippen LogP contribution in [0, 0.1) is 22.7 Å². The van der Waals surface area contributed by atoms with Gasteiger partial charge in [-0.2, -0.15) is 0 Å². The first kappa shape index (κ1) is 28.5. The van der Waals surface area contributed by atoms with Crippen molar-refractivity contribution in [2.24, 2.45) is 22.7 Å². The SMILES string of the molecule is C[C@@H]1OC(OC2CCC3(C=O)C4CCC5(C)C(c6ccc(=O)oc6)CCC5(O)C4CCC3(O)C2)[C@H](O)[C@H](O)[C@H]1O. The molecule has 5 N–H and O–H groups in total. The second kappa shape index (κ2) is 9.69. The van der Waals surface area contributed by atoms with Crippen LogP contribution in [-0.2, 0) is 14.3 Å². The average molecular weight is 563 g/mol. The van der Waals surface area contributed by atoms with E-state index in [9.17, 15) is 35.1 Å². The number of fused-ring (bicyclic) bond motifs is 5. The molecule has 1 aliphatic heterocycles. The molecule has 40 heavy (non-hydrogen) atoms. The van der Waals surface area contributed by atoms with Gasteiger partial charge >= 0.3 is 5.63 Å². The maximum atomic E-state index is 13.0. The average Bonchev–Trinajstić information content (AvgIpc) is 3.21. The smallest absolute Gasteiger partial charge is 0.335 e. The Morgan fingerprint density at radius 1 is 0.950 bits per heavy atom. The van der Waals surface area contributed by atoms with E-state index in [1.54, 1.807) is 13.0 Å². The lowest BCUT2D eigenvalue weighted by molar-refractivity contribution is -0.317. The minimum atomic E-state index is -1.44. The van der Waals surface area contributed by atoms with E-state index in [4.69, 9.17) is 13.9 Å². The molecular weight excluding hydrogens is 520 g/mol. The van der Waals surface area contributed by atoms with Crippen molar-refractivity contribution < 1.29 is 44.2 Å². The summed E-state index contributed by atoms with van der Waals surface area (Å²) in [6.07, 6.45) is 0.559. The maximum absolute atomic E-state index is 13.0. The van der Waals surface area contributed by atoms with Gasteiger partial charge in [0, 0.05) is 17.9 Å². The predicted molar refractivity (Wildman–Crippen MR) is 140 cm³/mol. The van der Waals surface area contributed by atoms with Gasteiger partial charge in [0.15, 0.2) is 6.29 Å². The molecule has 0 bridgehead atoms. The van der Waals surface area contributed by atoms with Crippen molar-refractivity contribution in [2.45, 2.75) is 126 Å². The van der Waals surface area contributed by atoms with Crippen molar-refractivity contribution in [3.8, 4) is 0 Å². The molecule has 222 valence electrons. The molecular formula is C30H42O10. The van der Waals surface area contributed by atoms with Crippen molar-refractivity contribution in [1.29, 1.82) is 0 Å². The topological polar surface area (TPSA) is 167 Å². The third-order valence-electron chi connectivity index (χ3n) is 12.0. The fraction of sp³-hybridized carbons (Fsp3) is 0.800. The molecule has 5 fully saturated rings. The van der Waals surface area contributed by atoms with Crippen LogP contribution in [0.25, 0.3) is 0 Å². The summed E-state index contributed by atoms with van der Waals surface area (Å²) in [5, 5.41) is 55.1. The highest BCUT2D eigenvalue weighted by molar-refractivity contribution is 5.64. The lowest BCUT2D eigenvalue weighted by Gasteiger charge is -2.65. The van der Waals surface area contributed by atoms with E-state index in [-0.39, 0.29) is 24.2 Å². The van der Waals surface area contributed by atoms with Crippen molar-refractivity contribution >= 4 is 6.29 Å². The molecule has 0 aromatic carbocycles. The Morgan fingerprint density at radius 3 is 2.40 bits per heavy atom. The molecule has 4 saturated carbocycles. The standard InChI is InChI=1S/C30H42O10/c1-16-23(33)24(34)25(35)26(39-16)40-18-5-10-28(15-31)20-6-9-27(2)19(17-3-4-22(32)38-14-17)8-12-30(27,37)21(20)7-11-29(28,36)13-18/h3-4,14-16,18-21,23-26,33-37H,5-13H2,1-2H3/t16-,18?,19?,20?,21?,23-,24+,25+,26?,27?,28?,29?,30?/m0/s1. The van der Waals surface area contributed by atoms with Crippen molar-refractivity contribution in [3.63, 3.8) is 0 Å². The molecule has 6 rings (SSSR count). The van der Waals surface area contributed by atoms with Crippen LogP contribution in [0.2, 0.25) is 0 Å². The highest BCUT2D eigenvalue weighted by Crippen LogP contribution is 2.71. The van der Waals surface area contributed by atoms with E-state index in [1.807, 2.05) is 0 Å². The molecule has 5 aliphatic rings. The zero-order chi connectivity index (χ0) is 28.7. The summed E-state index contributed by atoms with van der Waals surface area (Å²) in [4.78, 5) is 24.5. The van der Waals surface area contributed by atoms with Crippen LogP contribution in [0.3, 0.4) is 0 Å². The van der Waals surface area contributed by atoms with Crippen molar-refractivity contribution in [2.75, 3.05) is 0 Å². The molecule has 4 aliphatic carbocycles. The van der Waals surface area contributed by atoms with E-state index >= 15 is 0 Å². The van der Waals surface area contributed by atoms with Crippen LogP contribution in [0.5, 0.6) is 0 Å². The van der Waals surface area contributed by atoms with Crippen molar-refractivity contribution in [1.82, 2.24) is 0 Å². The van der Waals surface area contributed by atoms with Crippen LogP contribution >= 0.6 is 0 Å². The van der Waals surface area contributed by atoms with Gasteiger partial charge in [-0.3, -0.25) is 0 Å². The number of aliphatic hydroxyl groups is 5. The normalized spacial score (nSPS) is 52.3. The van der Waals surface area contributed by atoms with E-state index in [2.05, 4.69) is 6.92 Å². The summed E-state index contributed by atoms with van der Waals surface area (Å²) in [6, 6.07) is 3.21. The molecule has 1 saturated heterocycles. The molecule has 1 aromatic rings. The molecule has 9 unspecified atom stereocenters. The number of hydrogen-bond donors (Lipinski definition) is 5. The first-order chi connectivity index (χ1) is 18.9. The van der Waals surface area contributed by atoms with Gasteiger partial charge in [0.25, 0.3) is 0 Å². The minimum absolute atomic E-state index is 0.0260. The Hall–Kier alpha value is -1.66. The number of carbonyl (C=O) groups excluding carboxylic acids is 1. The van der Waals surface area contributed by atoms with Gasteiger partial charge in [-0.1, -0.05) is 6.92 Å². The monoisotopic (exact) mass is 562 g/mol. The highest BCUT2D eigenvalue weighted by atomic mass is 16.7. The summed E-state index contributed by atoms with van der Waals surface area (Å²) in [5.74, 6) is -0.322. The van der Waals surface area contributed by atoms with E-state index in [0.29, 0.717) is 44.9 Å². The largest absolute Gasteiger partial charge is 0.431 e. The Bertz CT molecular complexity index is 1170. The summed E-state index contributed by atoms with van der Waals surface area (Å²) in [7, 11) is 0. The van der Waals surface area contributed by atoms with Gasteiger partial charge < -0.3 is 44.2 Å². The second-order valence-electron chi connectivity index (χ2n) is 13.5. The Morgan fingerprint density at radius 2 is 1.70 bits per heavy atom. The van der Waals surface area contributed by atoms with Gasteiger partial charge in [-0.15, -0.1) is 0 Å². The van der Waals surface area contributed by atoms with Crippen LogP contribution in [0.15, 0.2) is 27.6 Å². The molecule has 1 aromatic heterocycles. The lowest BCUT2D eigenvalue weighted by Crippen LogP contribution is -2.69. The fourth-order valence-electron chi connectivity index (χ4n) is 9.67. The van der Waals surface area contributed by atoms with Gasteiger partial charge in [-0.05, 0) is 87.7 Å². The molecule has 10 nitrogen and oxygen atoms in total. The van der Waals surface area contributed by atoms with Gasteiger partial charge in [0.1, 0.15) is 24.6 Å². The molecule has 2 heterocycles. The van der Waals surface area contributed by atoms with Gasteiger partial charge in [0.2, 0.25) is 0 Å². The number of rotatable bonds is 4. The second-order valence-corrected chi connectivity index (χ2v) is 13.5. The molecule has 0 radical (unpaired) electrons. The van der Waals surface area contributed by atoms with E-state index < -0.39 is 64.5 Å². The fourth-order valence-corrected chi connectivity index (χ4v) is 9.67. The summed E-state index contributed by atoms with van der Waals surface area (Å²) in [5.41, 5.74) is -3.34. The highest BCUT2D eigenvalue weighted by Gasteiger charge is 2.71. The quantitative estimate of drug-likeness (QED) is 0.267. The maximum Gasteiger partial charge on any atom is 0.335 e. The van der Waals surface area contributed by atoms with Gasteiger partial charge in [-0.25, -0.2) is 4.79 Å². The first-order valence-electron chi connectivity index (χ1n) is 14.7. The van der Waals surface area contributed by atoms with E-state index in [0.717, 1.165) is 18.3 Å². The number of hydrogen-bond acceptors (Lipinski definition) is 10. The zero-order valence-electron chi connectivity index (χ0n) is 23.1. The lowest BCUT2D eigenvalue weighted by atomic mass is 9.41. The van der Waals surface area contributed by atoms with Crippen LogP contribution in [0.4, 0.5) is 0 Å². The Kier molecular flexibility index (Phi) is 6.89. The zero-order valence-corrected chi connectivity index (χ0v) is 23.1. The molecule has 0 amide bonds. The molecule has 13 atom stereocenters. The summed E-state index contributed by atoms with van der Waals surface area (Å²) < 4.78 is 16.8. The molecule has 0 spiro atoms. The number of aldehydes is 1. The Labute approximate surface area is 233 Å². The summed E-state index contributed by atoms with van der Waals surface area (Å²) >= 11 is 0. The van der Waals surface area contributed by atoms with Crippen molar-refractivity contribution in [3.05, 3.63) is 34.4 Å². The number of ether oxygens (including phenoxy) is 2. The minimum Gasteiger partial charge on any atom is -0.431 e. The van der Waals surface area contributed by atoms with Gasteiger partial charge in [0.05, 0.1) is 35.1 Å². The number of aliphatic hydroxyl groups excluding tert-OH is 3. The van der Waals surface area contributed by atoms with E-state index in [1.165, 1.54) is 12.3 Å². The third kappa shape index (κ3) is 3.87. The summed E-state index contributed by atoms with van der Waals surface area (Å²) in [6.45, 7) is 3.71. The van der Waals surface area contributed by atoms with Crippen LogP contribution in [-0.4, -0.2) is 79.8 Å². The van der Waals surface area contributed by atoms with Crippen LogP contribution < -0.4 is 5.63 Å². The number of carbonyl (C=O) groups is 1. The molecule has 10 heteroatoms. The first-order valence-corrected chi connectivity index (χ1v) is 14.7. The Balaban J connectivity index is 1.23. The third-order valence-corrected chi connectivity index (χ3v) is 12.0.